The summed E-state index contributed by atoms with van der Waals surface area (Å²) < 4.78 is 19.0. The third-order valence-electron chi connectivity index (χ3n) is 3.36. The number of rotatable bonds is 7. The van der Waals surface area contributed by atoms with Crippen molar-refractivity contribution in [2.45, 2.75) is 98.4 Å². The highest BCUT2D eigenvalue weighted by Crippen LogP contribution is 2.31. The Morgan fingerprint density at radius 1 is 0.762 bits per heavy atom. The average molecular weight is 315 g/mol. The largest absolute Gasteiger partial charge is 0.533 e. The Morgan fingerprint density at radius 2 is 1.24 bits per heavy atom. The van der Waals surface area contributed by atoms with Crippen molar-refractivity contribution in [2.75, 3.05) is 0 Å². The molecule has 0 unspecified atom stereocenters. The van der Waals surface area contributed by atoms with Gasteiger partial charge in [0.05, 0.1) is 0 Å². The zero-order valence-corrected chi connectivity index (χ0v) is 15.8. The summed E-state index contributed by atoms with van der Waals surface area (Å²) in [4.78, 5) is 0. The minimum Gasteiger partial charge on any atom is -0.368 e. The van der Waals surface area contributed by atoms with E-state index in [9.17, 15) is 0 Å². The van der Waals surface area contributed by atoms with Gasteiger partial charge in [-0.15, -0.1) is 0 Å². The van der Waals surface area contributed by atoms with E-state index in [1.54, 1.807) is 0 Å². The first kappa shape index (κ1) is 18.9. The van der Waals surface area contributed by atoms with E-state index in [2.05, 4.69) is 47.6 Å². The number of hydrogen-bond donors (Lipinski definition) is 0. The summed E-state index contributed by atoms with van der Waals surface area (Å²) in [5.41, 5.74) is 0. The van der Waals surface area contributed by atoms with Gasteiger partial charge >= 0.3 is 8.80 Å². The maximum atomic E-state index is 6.32. The maximum Gasteiger partial charge on any atom is 0.533 e. The van der Waals surface area contributed by atoms with E-state index in [-0.39, 0.29) is 18.3 Å². The Bertz CT molecular complexity index is 297. The lowest BCUT2D eigenvalue weighted by Gasteiger charge is -2.36. The molecule has 0 aromatic carbocycles. The van der Waals surface area contributed by atoms with Crippen LogP contribution in [0, 0.1) is 0 Å². The zero-order chi connectivity index (χ0) is 15.9. The van der Waals surface area contributed by atoms with E-state index in [0.717, 1.165) is 12.8 Å². The molecule has 0 N–H and O–H groups in total. The molecule has 0 spiro atoms. The van der Waals surface area contributed by atoms with Crippen molar-refractivity contribution in [3.05, 3.63) is 11.3 Å². The highest BCUT2D eigenvalue weighted by molar-refractivity contribution is 6.69. The topological polar surface area (TPSA) is 27.7 Å². The van der Waals surface area contributed by atoms with Gasteiger partial charge in [0.1, 0.15) is 0 Å². The van der Waals surface area contributed by atoms with E-state index < -0.39 is 8.80 Å². The van der Waals surface area contributed by atoms with Crippen LogP contribution in [-0.2, 0) is 13.3 Å². The molecule has 0 bridgehead atoms. The smallest absolute Gasteiger partial charge is 0.368 e. The lowest BCUT2D eigenvalue weighted by molar-refractivity contribution is 0.0101. The Morgan fingerprint density at radius 3 is 1.71 bits per heavy atom. The second kappa shape index (κ2) is 9.08. The predicted octanol–water partition coefficient (Wildman–Crippen LogP) is 5.02. The number of allylic oxidation sites excluding steroid dienone is 2. The van der Waals surface area contributed by atoms with Gasteiger partial charge in [-0.2, -0.15) is 0 Å². The molecule has 0 aromatic rings. The van der Waals surface area contributed by atoms with Gasteiger partial charge < -0.3 is 13.3 Å². The zero-order valence-electron chi connectivity index (χ0n) is 14.8. The van der Waals surface area contributed by atoms with Crippen LogP contribution in [0.3, 0.4) is 0 Å². The van der Waals surface area contributed by atoms with Crippen molar-refractivity contribution in [2.24, 2.45) is 0 Å². The van der Waals surface area contributed by atoms with Gasteiger partial charge in [0, 0.05) is 18.3 Å². The van der Waals surface area contributed by atoms with Crippen LogP contribution in [0.4, 0.5) is 0 Å². The van der Waals surface area contributed by atoms with Crippen LogP contribution >= 0.6 is 0 Å². The lowest BCUT2D eigenvalue weighted by Crippen LogP contribution is -2.52. The first-order chi connectivity index (χ1) is 9.85. The first-order valence-corrected chi connectivity index (χ1v) is 10.3. The van der Waals surface area contributed by atoms with Gasteiger partial charge in [0.2, 0.25) is 0 Å². The summed E-state index contributed by atoms with van der Waals surface area (Å²) in [6.45, 7) is 12.4. The molecule has 1 aliphatic carbocycles. The third-order valence-corrected chi connectivity index (χ3v) is 6.94. The summed E-state index contributed by atoms with van der Waals surface area (Å²) in [6, 6.07) is 0. The Hall–Kier alpha value is -0.163. The van der Waals surface area contributed by atoms with Gasteiger partial charge in [0.25, 0.3) is 0 Å². The molecule has 0 atom stereocenters. The van der Waals surface area contributed by atoms with E-state index in [1.807, 2.05) is 0 Å². The Kier molecular flexibility index (Phi) is 8.17. The van der Waals surface area contributed by atoms with Crippen LogP contribution in [0.25, 0.3) is 0 Å². The Labute approximate surface area is 132 Å². The SMILES string of the molecule is CC(C)O[Si](OC(C)C)(OC(C)C)/C1=C/CCCCCC1. The molecule has 0 amide bonds. The molecule has 0 aliphatic heterocycles. The minimum absolute atomic E-state index is 0.112. The number of hydrogen-bond acceptors (Lipinski definition) is 3. The molecule has 1 aliphatic rings. The second-order valence-corrected chi connectivity index (χ2v) is 9.20. The van der Waals surface area contributed by atoms with Gasteiger partial charge in [0.15, 0.2) is 0 Å². The molecule has 0 fully saturated rings. The monoisotopic (exact) mass is 314 g/mol. The van der Waals surface area contributed by atoms with Gasteiger partial charge in [-0.3, -0.25) is 0 Å². The van der Waals surface area contributed by atoms with Gasteiger partial charge in [-0.1, -0.05) is 18.9 Å². The van der Waals surface area contributed by atoms with Gasteiger partial charge in [-0.25, -0.2) is 0 Å². The van der Waals surface area contributed by atoms with Crippen molar-refractivity contribution in [1.29, 1.82) is 0 Å². The highest BCUT2D eigenvalue weighted by atomic mass is 28.4. The van der Waals surface area contributed by atoms with Crippen LogP contribution in [0.2, 0.25) is 0 Å². The van der Waals surface area contributed by atoms with E-state index >= 15 is 0 Å². The van der Waals surface area contributed by atoms with Crippen molar-refractivity contribution in [3.8, 4) is 0 Å². The fourth-order valence-corrected chi connectivity index (χ4v) is 6.07. The second-order valence-electron chi connectivity index (χ2n) is 6.74. The van der Waals surface area contributed by atoms with Crippen molar-refractivity contribution in [3.63, 3.8) is 0 Å². The molecule has 0 radical (unpaired) electrons. The first-order valence-electron chi connectivity index (χ1n) is 8.58. The summed E-state index contributed by atoms with van der Waals surface area (Å²) in [5, 5.41) is 1.30. The normalized spacial score (nSPS) is 20.5. The van der Waals surface area contributed by atoms with Crippen LogP contribution in [-0.4, -0.2) is 27.1 Å². The highest BCUT2D eigenvalue weighted by Gasteiger charge is 2.48. The summed E-state index contributed by atoms with van der Waals surface area (Å²) in [5.74, 6) is 0. The van der Waals surface area contributed by atoms with Crippen LogP contribution in [0.15, 0.2) is 11.3 Å². The van der Waals surface area contributed by atoms with E-state index in [4.69, 9.17) is 13.3 Å². The van der Waals surface area contributed by atoms with E-state index in [0.29, 0.717) is 0 Å². The molecule has 0 aromatic heterocycles. The third kappa shape index (κ3) is 6.64. The molecular weight excluding hydrogens is 280 g/mol. The van der Waals surface area contributed by atoms with E-state index in [1.165, 1.54) is 30.9 Å². The molecule has 4 heteroatoms. The summed E-state index contributed by atoms with van der Waals surface area (Å²) in [6.07, 6.45) is 9.96. The molecule has 124 valence electrons. The molecule has 0 saturated carbocycles. The fraction of sp³-hybridized carbons (Fsp3) is 0.882. The molecule has 0 heterocycles. The van der Waals surface area contributed by atoms with Crippen LogP contribution < -0.4 is 0 Å². The van der Waals surface area contributed by atoms with Crippen molar-refractivity contribution < 1.29 is 13.3 Å². The van der Waals surface area contributed by atoms with Crippen molar-refractivity contribution in [1.82, 2.24) is 0 Å². The van der Waals surface area contributed by atoms with Crippen LogP contribution in [0.5, 0.6) is 0 Å². The van der Waals surface area contributed by atoms with Crippen molar-refractivity contribution >= 4 is 8.80 Å². The molecule has 1 rings (SSSR count). The van der Waals surface area contributed by atoms with Crippen LogP contribution in [0.1, 0.15) is 80.1 Å². The molecular formula is C17H34O3Si. The fourth-order valence-electron chi connectivity index (χ4n) is 2.71. The summed E-state index contributed by atoms with van der Waals surface area (Å²) >= 11 is 0. The maximum absolute atomic E-state index is 6.32. The predicted molar refractivity (Wildman–Crippen MR) is 90.2 cm³/mol. The molecule has 21 heavy (non-hydrogen) atoms. The quantitative estimate of drug-likeness (QED) is 0.617. The summed E-state index contributed by atoms with van der Waals surface area (Å²) in [7, 11) is -2.78. The molecule has 3 nitrogen and oxygen atoms in total. The van der Waals surface area contributed by atoms with Gasteiger partial charge in [-0.05, 0) is 72.4 Å². The Balaban J connectivity index is 3.09. The lowest BCUT2D eigenvalue weighted by atomic mass is 10.1. The average Bonchev–Trinajstić information content (AvgIpc) is 2.23. The minimum atomic E-state index is -2.78. The standard InChI is InChI=1S/C17H34O3Si/c1-14(2)18-21(19-15(3)4,20-16(5)6)17-12-10-8-7-9-11-13-17/h12,14-16H,7-11,13H2,1-6H3/b17-12+. The molecule has 0 saturated heterocycles.